The minimum atomic E-state index is 0.681. The fourth-order valence-electron chi connectivity index (χ4n) is 3.17. The van der Waals surface area contributed by atoms with Crippen LogP contribution in [0.2, 0.25) is 0 Å². The summed E-state index contributed by atoms with van der Waals surface area (Å²) in [6, 6.07) is 4.39. The fraction of sp³-hybridized carbons (Fsp3) is 0.533. The van der Waals surface area contributed by atoms with E-state index in [1.807, 2.05) is 0 Å². The standard InChI is InChI=1S/C15H20N4/c1-3-12(4-1)15-17-11-14-13(5-2-8-19(14)15)18-9-6-16-7-10-18/h2,5,8,11-12,16H,1,3-4,6-7,9-10H2. The Kier molecular flexibility index (Phi) is 2.69. The van der Waals surface area contributed by atoms with Gasteiger partial charge >= 0.3 is 0 Å². The van der Waals surface area contributed by atoms with Gasteiger partial charge in [-0.1, -0.05) is 6.42 Å². The molecule has 1 saturated carbocycles. The van der Waals surface area contributed by atoms with E-state index in [4.69, 9.17) is 4.98 Å². The number of hydrogen-bond acceptors (Lipinski definition) is 3. The van der Waals surface area contributed by atoms with E-state index in [1.54, 1.807) is 0 Å². The van der Waals surface area contributed by atoms with Crippen LogP contribution in [0.5, 0.6) is 0 Å². The molecule has 2 aliphatic rings. The molecule has 3 heterocycles. The molecule has 4 heteroatoms. The van der Waals surface area contributed by atoms with Gasteiger partial charge in [0.05, 0.1) is 17.4 Å². The average Bonchev–Trinajstić information content (AvgIpc) is 2.82. The van der Waals surface area contributed by atoms with Gasteiger partial charge in [-0.2, -0.15) is 0 Å². The van der Waals surface area contributed by atoms with Crippen molar-refractivity contribution in [3.8, 4) is 0 Å². The zero-order chi connectivity index (χ0) is 12.7. The van der Waals surface area contributed by atoms with E-state index in [2.05, 4.69) is 39.1 Å². The third-order valence-electron chi connectivity index (χ3n) is 4.51. The van der Waals surface area contributed by atoms with Gasteiger partial charge in [0.25, 0.3) is 0 Å². The van der Waals surface area contributed by atoms with Crippen molar-refractivity contribution in [1.82, 2.24) is 14.7 Å². The molecule has 0 radical (unpaired) electrons. The summed E-state index contributed by atoms with van der Waals surface area (Å²) < 4.78 is 2.31. The maximum Gasteiger partial charge on any atom is 0.116 e. The molecule has 100 valence electrons. The van der Waals surface area contributed by atoms with Gasteiger partial charge in [-0.25, -0.2) is 4.98 Å². The molecule has 2 aromatic rings. The van der Waals surface area contributed by atoms with Crippen molar-refractivity contribution in [3.05, 3.63) is 30.4 Å². The normalized spacial score (nSPS) is 20.7. The lowest BCUT2D eigenvalue weighted by Gasteiger charge is -2.30. The highest BCUT2D eigenvalue weighted by atomic mass is 15.2. The summed E-state index contributed by atoms with van der Waals surface area (Å²) in [4.78, 5) is 7.16. The fourth-order valence-corrected chi connectivity index (χ4v) is 3.17. The molecular weight excluding hydrogens is 236 g/mol. The van der Waals surface area contributed by atoms with Crippen molar-refractivity contribution in [3.63, 3.8) is 0 Å². The Balaban J connectivity index is 1.76. The van der Waals surface area contributed by atoms with Crippen molar-refractivity contribution in [2.24, 2.45) is 0 Å². The highest BCUT2D eigenvalue weighted by Crippen LogP contribution is 2.36. The number of pyridine rings is 1. The second-order valence-electron chi connectivity index (χ2n) is 5.63. The number of rotatable bonds is 2. The van der Waals surface area contributed by atoms with Crippen LogP contribution in [-0.4, -0.2) is 35.6 Å². The van der Waals surface area contributed by atoms with Crippen molar-refractivity contribution >= 4 is 11.2 Å². The first-order valence-corrected chi connectivity index (χ1v) is 7.35. The van der Waals surface area contributed by atoms with Gasteiger partial charge < -0.3 is 14.6 Å². The Bertz CT molecular complexity index is 579. The molecular formula is C15H20N4. The summed E-state index contributed by atoms with van der Waals surface area (Å²) in [5.41, 5.74) is 2.60. The molecule has 0 bridgehead atoms. The van der Waals surface area contributed by atoms with Gasteiger partial charge in [0.15, 0.2) is 0 Å². The Morgan fingerprint density at radius 2 is 2.05 bits per heavy atom. The number of fused-ring (bicyclic) bond motifs is 1. The number of imidazole rings is 1. The van der Waals surface area contributed by atoms with Crippen molar-refractivity contribution in [2.75, 3.05) is 31.1 Å². The lowest BCUT2D eigenvalue weighted by Crippen LogP contribution is -2.43. The number of piperazine rings is 1. The monoisotopic (exact) mass is 256 g/mol. The van der Waals surface area contributed by atoms with Crippen LogP contribution < -0.4 is 10.2 Å². The summed E-state index contributed by atoms with van der Waals surface area (Å²) in [6.07, 6.45) is 8.19. The van der Waals surface area contributed by atoms with E-state index >= 15 is 0 Å². The Labute approximate surface area is 113 Å². The van der Waals surface area contributed by atoms with E-state index in [9.17, 15) is 0 Å². The van der Waals surface area contributed by atoms with Crippen molar-refractivity contribution in [2.45, 2.75) is 25.2 Å². The molecule has 1 aliphatic heterocycles. The third kappa shape index (κ3) is 1.82. The lowest BCUT2D eigenvalue weighted by molar-refractivity contribution is 0.400. The Morgan fingerprint density at radius 3 is 2.79 bits per heavy atom. The van der Waals surface area contributed by atoms with E-state index < -0.39 is 0 Å². The highest BCUT2D eigenvalue weighted by Gasteiger charge is 2.24. The SMILES string of the molecule is c1cc(N2CCNCC2)c2cnc(C3CCC3)n2c1. The molecule has 0 aromatic carbocycles. The predicted molar refractivity (Wildman–Crippen MR) is 76.9 cm³/mol. The Hall–Kier alpha value is -1.55. The van der Waals surface area contributed by atoms with Crippen LogP contribution in [0.4, 0.5) is 5.69 Å². The molecule has 1 N–H and O–H groups in total. The van der Waals surface area contributed by atoms with Crippen LogP contribution in [0.3, 0.4) is 0 Å². The first-order chi connectivity index (χ1) is 9.43. The molecule has 1 aliphatic carbocycles. The van der Waals surface area contributed by atoms with Gasteiger partial charge in [-0.3, -0.25) is 0 Å². The molecule has 0 spiro atoms. The van der Waals surface area contributed by atoms with E-state index in [0.717, 1.165) is 26.2 Å². The largest absolute Gasteiger partial charge is 0.367 e. The molecule has 0 amide bonds. The third-order valence-corrected chi connectivity index (χ3v) is 4.51. The van der Waals surface area contributed by atoms with Crippen molar-refractivity contribution < 1.29 is 0 Å². The summed E-state index contributed by atoms with van der Waals surface area (Å²) in [6.45, 7) is 4.32. The summed E-state index contributed by atoms with van der Waals surface area (Å²) >= 11 is 0. The first-order valence-electron chi connectivity index (χ1n) is 7.35. The van der Waals surface area contributed by atoms with Crippen LogP contribution in [0.15, 0.2) is 24.5 Å². The smallest absolute Gasteiger partial charge is 0.116 e. The van der Waals surface area contributed by atoms with Crippen LogP contribution >= 0.6 is 0 Å². The van der Waals surface area contributed by atoms with Crippen molar-refractivity contribution in [1.29, 1.82) is 0 Å². The molecule has 4 rings (SSSR count). The van der Waals surface area contributed by atoms with Gasteiger partial charge in [0.2, 0.25) is 0 Å². The van der Waals surface area contributed by atoms with Gasteiger partial charge in [0, 0.05) is 38.3 Å². The summed E-state index contributed by atoms with van der Waals surface area (Å²) in [5.74, 6) is 1.94. The zero-order valence-corrected chi connectivity index (χ0v) is 11.2. The summed E-state index contributed by atoms with van der Waals surface area (Å²) in [7, 11) is 0. The number of hydrogen-bond donors (Lipinski definition) is 1. The molecule has 0 atom stereocenters. The van der Waals surface area contributed by atoms with Crippen LogP contribution in [-0.2, 0) is 0 Å². The predicted octanol–water partition coefficient (Wildman–Crippen LogP) is 2.01. The van der Waals surface area contributed by atoms with Crippen LogP contribution in [0.25, 0.3) is 5.52 Å². The number of anilines is 1. The summed E-state index contributed by atoms with van der Waals surface area (Å²) in [5, 5.41) is 3.41. The van der Waals surface area contributed by atoms with E-state index in [-0.39, 0.29) is 0 Å². The molecule has 2 aromatic heterocycles. The molecule has 19 heavy (non-hydrogen) atoms. The quantitative estimate of drug-likeness (QED) is 0.892. The zero-order valence-electron chi connectivity index (χ0n) is 11.2. The van der Waals surface area contributed by atoms with Crippen LogP contribution in [0.1, 0.15) is 31.0 Å². The molecule has 1 saturated heterocycles. The highest BCUT2D eigenvalue weighted by molar-refractivity contribution is 5.73. The maximum absolute atomic E-state index is 4.69. The Morgan fingerprint density at radius 1 is 1.21 bits per heavy atom. The molecule has 4 nitrogen and oxygen atoms in total. The molecule has 2 fully saturated rings. The number of nitrogens with zero attached hydrogens (tertiary/aromatic N) is 3. The maximum atomic E-state index is 4.69. The second kappa shape index (κ2) is 4.53. The number of nitrogens with one attached hydrogen (secondary N) is 1. The van der Waals surface area contributed by atoms with E-state index in [0.29, 0.717) is 5.92 Å². The van der Waals surface area contributed by atoms with Crippen LogP contribution in [0, 0.1) is 0 Å². The van der Waals surface area contributed by atoms with Gasteiger partial charge in [-0.15, -0.1) is 0 Å². The minimum Gasteiger partial charge on any atom is -0.367 e. The molecule has 0 unspecified atom stereocenters. The number of aromatic nitrogens is 2. The topological polar surface area (TPSA) is 32.6 Å². The second-order valence-corrected chi connectivity index (χ2v) is 5.63. The van der Waals surface area contributed by atoms with Gasteiger partial charge in [-0.05, 0) is 25.0 Å². The first kappa shape index (κ1) is 11.3. The van der Waals surface area contributed by atoms with E-state index in [1.165, 1.54) is 36.3 Å². The lowest BCUT2D eigenvalue weighted by atomic mass is 9.85. The van der Waals surface area contributed by atoms with Gasteiger partial charge in [0.1, 0.15) is 5.82 Å². The average molecular weight is 256 g/mol. The minimum absolute atomic E-state index is 0.681.